The van der Waals surface area contributed by atoms with E-state index in [1.165, 1.54) is 6.26 Å². The van der Waals surface area contributed by atoms with Gasteiger partial charge < -0.3 is 14.2 Å². The molecule has 0 unspecified atom stereocenters. The highest BCUT2D eigenvalue weighted by molar-refractivity contribution is 7.90. The molecule has 0 aliphatic carbocycles. The molecule has 8 nitrogen and oxygen atoms in total. The van der Waals surface area contributed by atoms with E-state index in [0.717, 1.165) is 48.8 Å². The van der Waals surface area contributed by atoms with Gasteiger partial charge in [0.05, 0.1) is 22.9 Å². The third-order valence-electron chi connectivity index (χ3n) is 6.06. The predicted octanol–water partition coefficient (Wildman–Crippen LogP) is 4.34. The second-order valence-electron chi connectivity index (χ2n) is 8.91. The van der Waals surface area contributed by atoms with Crippen molar-refractivity contribution in [3.8, 4) is 17.0 Å². The number of nitrogens with zero attached hydrogens (tertiary/aromatic N) is 4. The minimum absolute atomic E-state index is 0.0581. The maximum Gasteiger partial charge on any atom is 0.324 e. The van der Waals surface area contributed by atoms with E-state index in [4.69, 9.17) is 9.26 Å². The Morgan fingerprint density at radius 1 is 1.06 bits per heavy atom. The monoisotopic (exact) mass is 470 g/mol. The van der Waals surface area contributed by atoms with Crippen LogP contribution in [0.3, 0.4) is 0 Å². The van der Waals surface area contributed by atoms with E-state index in [9.17, 15) is 8.42 Å². The molecular formula is C24H30N4O4S. The van der Waals surface area contributed by atoms with Crippen LogP contribution in [0.25, 0.3) is 11.3 Å². The second kappa shape index (κ2) is 9.51. The van der Waals surface area contributed by atoms with Gasteiger partial charge in [0.2, 0.25) is 0 Å². The van der Waals surface area contributed by atoms with Crippen LogP contribution in [0.1, 0.15) is 45.4 Å². The fraction of sp³-hybridized carbons (Fsp3) is 0.458. The van der Waals surface area contributed by atoms with Crippen molar-refractivity contribution in [3.63, 3.8) is 0 Å². The van der Waals surface area contributed by atoms with Crippen molar-refractivity contribution in [2.75, 3.05) is 24.2 Å². The number of pyridine rings is 1. The zero-order valence-corrected chi connectivity index (χ0v) is 20.2. The Morgan fingerprint density at radius 3 is 2.30 bits per heavy atom. The Bertz CT molecular complexity index is 1170. The van der Waals surface area contributed by atoms with Crippen molar-refractivity contribution in [2.24, 2.45) is 5.92 Å². The fourth-order valence-corrected chi connectivity index (χ4v) is 4.58. The highest BCUT2D eigenvalue weighted by Gasteiger charge is 2.28. The molecule has 33 heavy (non-hydrogen) atoms. The van der Waals surface area contributed by atoms with Crippen LogP contribution in [0.2, 0.25) is 0 Å². The topological polar surface area (TPSA) is 98.4 Å². The smallest absolute Gasteiger partial charge is 0.324 e. The number of benzene rings is 1. The molecule has 1 atom stereocenters. The average molecular weight is 471 g/mol. The number of hydrogen-bond donors (Lipinski definition) is 0. The first-order chi connectivity index (χ1) is 15.7. The molecular weight excluding hydrogens is 440 g/mol. The minimum atomic E-state index is -3.21. The Hall–Kier alpha value is -2.94. The lowest BCUT2D eigenvalue weighted by atomic mass is 9.92. The fourth-order valence-electron chi connectivity index (χ4n) is 3.95. The molecule has 1 aliphatic heterocycles. The van der Waals surface area contributed by atoms with Crippen LogP contribution in [0, 0.1) is 5.92 Å². The summed E-state index contributed by atoms with van der Waals surface area (Å²) in [4.78, 5) is 11.4. The SMILES string of the molecule is CC(C)c1noc(N2CCC([C@H](C)Oc3ccc(-c4ccc(S(C)(=O)=O)cc4)nc3)CC2)n1. The van der Waals surface area contributed by atoms with Gasteiger partial charge in [0.25, 0.3) is 0 Å². The summed E-state index contributed by atoms with van der Waals surface area (Å²) in [6.45, 7) is 7.92. The van der Waals surface area contributed by atoms with Gasteiger partial charge in [-0.3, -0.25) is 4.98 Å². The van der Waals surface area contributed by atoms with Gasteiger partial charge >= 0.3 is 6.01 Å². The maximum absolute atomic E-state index is 11.6. The molecule has 0 saturated carbocycles. The van der Waals surface area contributed by atoms with Crippen molar-refractivity contribution in [1.82, 2.24) is 15.1 Å². The van der Waals surface area contributed by atoms with E-state index < -0.39 is 9.84 Å². The van der Waals surface area contributed by atoms with Gasteiger partial charge in [-0.1, -0.05) is 31.1 Å². The molecule has 0 amide bonds. The molecule has 2 aromatic heterocycles. The third-order valence-corrected chi connectivity index (χ3v) is 7.19. The zero-order valence-electron chi connectivity index (χ0n) is 19.4. The molecule has 3 heterocycles. The van der Waals surface area contributed by atoms with Gasteiger partial charge in [0, 0.05) is 30.8 Å². The number of sulfone groups is 1. The van der Waals surface area contributed by atoms with Crippen molar-refractivity contribution < 1.29 is 17.7 Å². The lowest BCUT2D eigenvalue weighted by molar-refractivity contribution is 0.131. The van der Waals surface area contributed by atoms with Crippen LogP contribution in [0.5, 0.6) is 5.75 Å². The highest BCUT2D eigenvalue weighted by Crippen LogP contribution is 2.28. The van der Waals surface area contributed by atoms with Gasteiger partial charge in [-0.25, -0.2) is 8.42 Å². The normalized spacial score (nSPS) is 16.2. The van der Waals surface area contributed by atoms with Gasteiger partial charge in [-0.05, 0) is 49.9 Å². The van der Waals surface area contributed by atoms with Gasteiger partial charge in [0.15, 0.2) is 15.7 Å². The summed E-state index contributed by atoms with van der Waals surface area (Å²) in [5, 5.41) is 4.06. The van der Waals surface area contributed by atoms with Crippen LogP contribution in [-0.4, -0.2) is 49.0 Å². The molecule has 3 aromatic rings. The van der Waals surface area contributed by atoms with Gasteiger partial charge in [-0.15, -0.1) is 0 Å². The zero-order chi connectivity index (χ0) is 23.6. The van der Waals surface area contributed by atoms with Gasteiger partial charge in [0.1, 0.15) is 5.75 Å². The molecule has 1 saturated heterocycles. The summed E-state index contributed by atoms with van der Waals surface area (Å²) >= 11 is 0. The number of piperidine rings is 1. The summed E-state index contributed by atoms with van der Waals surface area (Å²) in [5.74, 6) is 2.14. The van der Waals surface area contributed by atoms with E-state index >= 15 is 0 Å². The summed E-state index contributed by atoms with van der Waals surface area (Å²) in [7, 11) is -3.21. The average Bonchev–Trinajstić information content (AvgIpc) is 3.30. The Kier molecular flexibility index (Phi) is 6.69. The van der Waals surface area contributed by atoms with Crippen LogP contribution in [-0.2, 0) is 9.84 Å². The van der Waals surface area contributed by atoms with E-state index in [1.807, 2.05) is 12.1 Å². The van der Waals surface area contributed by atoms with Crippen LogP contribution >= 0.6 is 0 Å². The summed E-state index contributed by atoms with van der Waals surface area (Å²) in [6.07, 6.45) is 4.95. The number of hydrogen-bond acceptors (Lipinski definition) is 8. The Morgan fingerprint density at radius 2 is 1.76 bits per heavy atom. The Balaban J connectivity index is 1.32. The molecule has 0 bridgehead atoms. The standard InChI is InChI=1S/C24H30N4O4S/c1-16(2)23-26-24(32-27-23)28-13-11-18(12-14-28)17(3)31-20-7-10-22(25-15-20)19-5-8-21(9-6-19)33(4,29)30/h5-10,15-18H,11-14H2,1-4H3/t17-/m0/s1. The second-order valence-corrected chi connectivity index (χ2v) is 10.9. The molecule has 1 aromatic carbocycles. The first-order valence-electron chi connectivity index (χ1n) is 11.2. The lowest BCUT2D eigenvalue weighted by Crippen LogP contribution is -2.38. The van der Waals surface area contributed by atoms with E-state index in [-0.39, 0.29) is 12.0 Å². The van der Waals surface area contributed by atoms with Crippen molar-refractivity contribution in [3.05, 3.63) is 48.4 Å². The van der Waals surface area contributed by atoms with E-state index in [2.05, 4.69) is 40.8 Å². The third kappa shape index (κ3) is 5.52. The molecule has 9 heteroatoms. The minimum Gasteiger partial charge on any atom is -0.489 e. The quantitative estimate of drug-likeness (QED) is 0.503. The van der Waals surface area contributed by atoms with Crippen LogP contribution < -0.4 is 9.64 Å². The largest absolute Gasteiger partial charge is 0.489 e. The van der Waals surface area contributed by atoms with Gasteiger partial charge in [-0.2, -0.15) is 4.98 Å². The maximum atomic E-state index is 11.6. The van der Waals surface area contributed by atoms with Crippen LogP contribution in [0.15, 0.2) is 52.0 Å². The molecule has 0 spiro atoms. The van der Waals surface area contributed by atoms with E-state index in [1.54, 1.807) is 30.5 Å². The predicted molar refractivity (Wildman–Crippen MR) is 126 cm³/mol. The van der Waals surface area contributed by atoms with Crippen molar-refractivity contribution >= 4 is 15.9 Å². The molecule has 0 N–H and O–H groups in total. The summed E-state index contributed by atoms with van der Waals surface area (Å²) < 4.78 is 34.9. The summed E-state index contributed by atoms with van der Waals surface area (Å²) in [6, 6.07) is 11.1. The molecule has 1 fully saturated rings. The molecule has 0 radical (unpaired) electrons. The van der Waals surface area contributed by atoms with E-state index in [0.29, 0.717) is 16.8 Å². The number of anilines is 1. The highest BCUT2D eigenvalue weighted by atomic mass is 32.2. The first kappa shape index (κ1) is 23.2. The van der Waals surface area contributed by atoms with Crippen LogP contribution in [0.4, 0.5) is 6.01 Å². The van der Waals surface area contributed by atoms with Crippen molar-refractivity contribution in [1.29, 1.82) is 0 Å². The first-order valence-corrected chi connectivity index (χ1v) is 13.1. The molecule has 4 rings (SSSR count). The Labute approximate surface area is 194 Å². The summed E-state index contributed by atoms with van der Waals surface area (Å²) in [5.41, 5.74) is 1.62. The lowest BCUT2D eigenvalue weighted by Gasteiger charge is -2.33. The number of rotatable bonds is 7. The number of aromatic nitrogens is 3. The number of ether oxygens (including phenoxy) is 1. The molecule has 176 valence electrons. The molecule has 1 aliphatic rings. The van der Waals surface area contributed by atoms with Crippen molar-refractivity contribution in [2.45, 2.75) is 50.5 Å².